The molecule has 0 aliphatic carbocycles. The Morgan fingerprint density at radius 2 is 1.87 bits per heavy atom. The first-order valence-electron chi connectivity index (χ1n) is 5.36. The van der Waals surface area contributed by atoms with Gasteiger partial charge in [-0.05, 0) is 46.1 Å². The highest BCUT2D eigenvalue weighted by molar-refractivity contribution is 7.84. The standard InChI is InChI=1S/C11H21NO2S/c1-9(10-5-7-14-8-6-10)12-15(13)11(2,3)4/h12H,5-8H2,1-4H3. The molecule has 1 fully saturated rings. The first kappa shape index (κ1) is 12.7. The summed E-state index contributed by atoms with van der Waals surface area (Å²) in [4.78, 5) is 0. The van der Waals surface area contributed by atoms with E-state index in [1.54, 1.807) is 0 Å². The number of ether oxygens (including phenoxy) is 1. The van der Waals surface area contributed by atoms with E-state index in [4.69, 9.17) is 4.74 Å². The van der Waals surface area contributed by atoms with E-state index in [0.29, 0.717) is 0 Å². The van der Waals surface area contributed by atoms with Crippen LogP contribution < -0.4 is 4.72 Å². The molecule has 0 radical (unpaired) electrons. The molecule has 3 nitrogen and oxygen atoms in total. The van der Waals surface area contributed by atoms with E-state index < -0.39 is 11.0 Å². The van der Waals surface area contributed by atoms with Gasteiger partial charge in [0.15, 0.2) is 0 Å². The van der Waals surface area contributed by atoms with Crippen molar-refractivity contribution in [3.8, 4) is 0 Å². The average molecular weight is 231 g/mol. The summed E-state index contributed by atoms with van der Waals surface area (Å²) in [7, 11) is -1.02. The van der Waals surface area contributed by atoms with Gasteiger partial charge in [0.1, 0.15) is 11.0 Å². The smallest absolute Gasteiger partial charge is 0.122 e. The second kappa shape index (κ2) is 5.12. The molecule has 1 saturated heterocycles. The molecule has 0 amide bonds. The molecule has 4 heteroatoms. The summed E-state index contributed by atoms with van der Waals surface area (Å²) in [5, 5.41) is 0. The Hall–Kier alpha value is -0.350. The highest BCUT2D eigenvalue weighted by Crippen LogP contribution is 2.18. The zero-order chi connectivity index (χ0) is 11.5. The zero-order valence-electron chi connectivity index (χ0n) is 10.1. The fraction of sp³-hybridized carbons (Fsp3) is 0.818. The van der Waals surface area contributed by atoms with E-state index in [9.17, 15) is 4.21 Å². The molecule has 0 spiro atoms. The Morgan fingerprint density at radius 3 is 2.33 bits per heavy atom. The lowest BCUT2D eigenvalue weighted by Crippen LogP contribution is -2.33. The van der Waals surface area contributed by atoms with Crippen LogP contribution in [0.5, 0.6) is 0 Å². The highest BCUT2D eigenvalue weighted by Gasteiger charge is 2.20. The molecule has 1 rings (SSSR count). The molecule has 0 bridgehead atoms. The normalized spacial score (nSPS) is 19.9. The van der Waals surface area contributed by atoms with E-state index in [2.05, 4.69) is 4.72 Å². The molecule has 15 heavy (non-hydrogen) atoms. The molecule has 1 atom stereocenters. The SMILES string of the molecule is CC(NS(=O)C(C)(C)C)=C1CCOCC1. The molecule has 0 aromatic carbocycles. The van der Waals surface area contributed by atoms with E-state index in [0.717, 1.165) is 31.8 Å². The van der Waals surface area contributed by atoms with Crippen LogP contribution in [0, 0.1) is 0 Å². The van der Waals surface area contributed by atoms with Gasteiger partial charge in [0.05, 0.1) is 18.0 Å². The molecule has 0 aromatic rings. The third-order valence-corrected chi connectivity index (χ3v) is 4.03. The Balaban J connectivity index is 2.61. The van der Waals surface area contributed by atoms with Crippen LogP contribution in [0.15, 0.2) is 11.3 Å². The van der Waals surface area contributed by atoms with Gasteiger partial charge < -0.3 is 9.46 Å². The van der Waals surface area contributed by atoms with Crippen molar-refractivity contribution in [3.63, 3.8) is 0 Å². The van der Waals surface area contributed by atoms with Crippen LogP contribution in [0.4, 0.5) is 0 Å². The molecule has 0 aromatic heterocycles. The molecule has 88 valence electrons. The van der Waals surface area contributed by atoms with Gasteiger partial charge in [-0.25, -0.2) is 4.21 Å². The van der Waals surface area contributed by atoms with Gasteiger partial charge in [0.2, 0.25) is 0 Å². The predicted molar refractivity (Wildman–Crippen MR) is 63.8 cm³/mol. The van der Waals surface area contributed by atoms with Gasteiger partial charge in [-0.1, -0.05) is 0 Å². The van der Waals surface area contributed by atoms with Crippen LogP contribution in [0.2, 0.25) is 0 Å². The summed E-state index contributed by atoms with van der Waals surface area (Å²) < 4.78 is 20.0. The third-order valence-electron chi connectivity index (χ3n) is 2.43. The number of hydrogen-bond acceptors (Lipinski definition) is 2. The monoisotopic (exact) mass is 231 g/mol. The van der Waals surface area contributed by atoms with Crippen LogP contribution in [0.1, 0.15) is 40.5 Å². The predicted octanol–water partition coefficient (Wildman–Crippen LogP) is 2.12. The van der Waals surface area contributed by atoms with Crippen LogP contribution in [0.25, 0.3) is 0 Å². The lowest BCUT2D eigenvalue weighted by atomic mass is 10.1. The topological polar surface area (TPSA) is 38.3 Å². The maximum absolute atomic E-state index is 11.9. The van der Waals surface area contributed by atoms with Gasteiger partial charge >= 0.3 is 0 Å². The van der Waals surface area contributed by atoms with Crippen molar-refractivity contribution in [2.24, 2.45) is 0 Å². The van der Waals surface area contributed by atoms with Crippen molar-refractivity contribution in [1.82, 2.24) is 4.72 Å². The number of hydrogen-bond donors (Lipinski definition) is 1. The summed E-state index contributed by atoms with van der Waals surface area (Å²) >= 11 is 0. The number of rotatable bonds is 2. The minimum atomic E-state index is -1.02. The van der Waals surface area contributed by atoms with Crippen molar-refractivity contribution < 1.29 is 8.95 Å². The molecule has 1 heterocycles. The minimum absolute atomic E-state index is 0.215. The van der Waals surface area contributed by atoms with Crippen LogP contribution in [-0.4, -0.2) is 22.2 Å². The maximum Gasteiger partial charge on any atom is 0.122 e. The largest absolute Gasteiger partial charge is 0.381 e. The third kappa shape index (κ3) is 3.95. The van der Waals surface area contributed by atoms with Gasteiger partial charge in [-0.2, -0.15) is 0 Å². The minimum Gasteiger partial charge on any atom is -0.381 e. The summed E-state index contributed by atoms with van der Waals surface area (Å²) in [6.07, 6.45) is 1.92. The van der Waals surface area contributed by atoms with Crippen LogP contribution >= 0.6 is 0 Å². The van der Waals surface area contributed by atoms with E-state index in [1.807, 2.05) is 27.7 Å². The quantitative estimate of drug-likeness (QED) is 0.790. The van der Waals surface area contributed by atoms with Crippen molar-refractivity contribution in [1.29, 1.82) is 0 Å². The van der Waals surface area contributed by atoms with Gasteiger partial charge in [-0.15, -0.1) is 0 Å². The van der Waals surface area contributed by atoms with Gasteiger partial charge in [0.25, 0.3) is 0 Å². The fourth-order valence-corrected chi connectivity index (χ4v) is 2.09. The Bertz CT molecular complexity index is 271. The Morgan fingerprint density at radius 1 is 1.33 bits per heavy atom. The Kier molecular flexibility index (Phi) is 4.34. The molecule has 1 aliphatic heterocycles. The van der Waals surface area contributed by atoms with Gasteiger partial charge in [-0.3, -0.25) is 0 Å². The lowest BCUT2D eigenvalue weighted by Gasteiger charge is -2.22. The van der Waals surface area contributed by atoms with E-state index in [1.165, 1.54) is 5.57 Å². The van der Waals surface area contributed by atoms with Crippen molar-refractivity contribution in [2.45, 2.75) is 45.3 Å². The van der Waals surface area contributed by atoms with Crippen molar-refractivity contribution in [2.75, 3.05) is 13.2 Å². The van der Waals surface area contributed by atoms with Crippen molar-refractivity contribution in [3.05, 3.63) is 11.3 Å². The Labute approximate surface area is 94.9 Å². The number of allylic oxidation sites excluding steroid dienone is 1. The highest BCUT2D eigenvalue weighted by atomic mass is 32.2. The summed E-state index contributed by atoms with van der Waals surface area (Å²) in [5.74, 6) is 0. The van der Waals surface area contributed by atoms with Crippen LogP contribution in [-0.2, 0) is 15.7 Å². The second-order valence-electron chi connectivity index (χ2n) is 4.82. The fourth-order valence-electron chi connectivity index (χ4n) is 1.36. The first-order chi connectivity index (χ1) is 6.91. The lowest BCUT2D eigenvalue weighted by molar-refractivity contribution is 0.118. The average Bonchev–Trinajstić information content (AvgIpc) is 2.17. The molecular formula is C11H21NO2S. The van der Waals surface area contributed by atoms with E-state index in [-0.39, 0.29) is 4.75 Å². The molecular weight excluding hydrogens is 210 g/mol. The summed E-state index contributed by atoms with van der Waals surface area (Å²) in [6, 6.07) is 0. The summed E-state index contributed by atoms with van der Waals surface area (Å²) in [5.41, 5.74) is 2.41. The second-order valence-corrected chi connectivity index (χ2v) is 6.79. The van der Waals surface area contributed by atoms with E-state index >= 15 is 0 Å². The molecule has 1 aliphatic rings. The zero-order valence-corrected chi connectivity index (χ0v) is 10.9. The summed E-state index contributed by atoms with van der Waals surface area (Å²) in [6.45, 7) is 9.49. The van der Waals surface area contributed by atoms with Crippen molar-refractivity contribution >= 4 is 11.0 Å². The maximum atomic E-state index is 11.9. The molecule has 0 saturated carbocycles. The first-order valence-corrected chi connectivity index (χ1v) is 6.51. The molecule has 1 unspecified atom stereocenters. The number of nitrogens with one attached hydrogen (secondary N) is 1. The van der Waals surface area contributed by atoms with Gasteiger partial charge in [0, 0.05) is 5.70 Å². The molecule has 1 N–H and O–H groups in total. The van der Waals surface area contributed by atoms with Crippen LogP contribution in [0.3, 0.4) is 0 Å².